The van der Waals surface area contributed by atoms with Gasteiger partial charge in [0, 0.05) is 17.1 Å². The van der Waals surface area contributed by atoms with Gasteiger partial charge in [-0.15, -0.1) is 0 Å². The summed E-state index contributed by atoms with van der Waals surface area (Å²) in [5.41, 5.74) is 1.53. The van der Waals surface area contributed by atoms with Gasteiger partial charge in [-0.1, -0.05) is 24.8 Å². The Labute approximate surface area is 87.4 Å². The summed E-state index contributed by atoms with van der Waals surface area (Å²) in [5.74, 6) is -0.0327. The molecule has 3 heteroatoms. The molecule has 76 valence electrons. The van der Waals surface area contributed by atoms with Crippen molar-refractivity contribution in [2.45, 2.75) is 0 Å². The van der Waals surface area contributed by atoms with Crippen LogP contribution >= 0.6 is 0 Å². The van der Waals surface area contributed by atoms with Gasteiger partial charge in [-0.25, -0.2) is 0 Å². The number of carbonyl (C=O) groups is 1. The van der Waals surface area contributed by atoms with Crippen molar-refractivity contribution in [2.75, 3.05) is 7.11 Å². The van der Waals surface area contributed by atoms with Crippen LogP contribution in [0.15, 0.2) is 42.8 Å². The van der Waals surface area contributed by atoms with Gasteiger partial charge >= 0.3 is 0 Å². The number of Topliss-reactive ketones (excluding diaryl/α,β-unsaturated/α-hetero) is 1. The summed E-state index contributed by atoms with van der Waals surface area (Å²) in [7, 11) is 1.44. The summed E-state index contributed by atoms with van der Waals surface area (Å²) >= 11 is 0. The van der Waals surface area contributed by atoms with E-state index in [2.05, 4.69) is 11.6 Å². The molecule has 1 aromatic heterocycles. The number of para-hydroxylation sites is 1. The summed E-state index contributed by atoms with van der Waals surface area (Å²) in [4.78, 5) is 14.8. The number of aromatic nitrogens is 1. The fourth-order valence-electron chi connectivity index (χ4n) is 1.50. The predicted molar refractivity (Wildman–Crippen MR) is 58.8 cm³/mol. The second-order valence-corrected chi connectivity index (χ2v) is 3.20. The number of nitrogens with one attached hydrogen (secondary N) is 1. The molecule has 0 unspecified atom stereocenters. The molecular weight excluding hydrogens is 190 g/mol. The Hall–Kier alpha value is -2.03. The molecule has 0 saturated heterocycles. The number of rotatable bonds is 3. The first-order chi connectivity index (χ1) is 7.24. The van der Waals surface area contributed by atoms with Crippen molar-refractivity contribution >= 4 is 16.7 Å². The Kier molecular flexibility index (Phi) is 2.29. The van der Waals surface area contributed by atoms with E-state index in [0.717, 1.165) is 10.9 Å². The molecule has 2 rings (SSSR count). The van der Waals surface area contributed by atoms with E-state index in [1.165, 1.54) is 7.11 Å². The molecule has 15 heavy (non-hydrogen) atoms. The topological polar surface area (TPSA) is 42.1 Å². The maximum atomic E-state index is 11.8. The van der Waals surface area contributed by atoms with Gasteiger partial charge in [0.15, 0.2) is 5.76 Å². The van der Waals surface area contributed by atoms with Crippen molar-refractivity contribution in [1.29, 1.82) is 0 Å². The van der Waals surface area contributed by atoms with Crippen LogP contribution in [0.25, 0.3) is 10.9 Å². The molecule has 1 N–H and O–H groups in total. The van der Waals surface area contributed by atoms with Crippen molar-refractivity contribution in [2.24, 2.45) is 0 Å². The van der Waals surface area contributed by atoms with E-state index >= 15 is 0 Å². The molecule has 0 amide bonds. The Morgan fingerprint density at radius 3 is 2.87 bits per heavy atom. The van der Waals surface area contributed by atoms with Crippen molar-refractivity contribution in [3.63, 3.8) is 0 Å². The van der Waals surface area contributed by atoms with Gasteiger partial charge in [-0.05, 0) is 6.07 Å². The average Bonchev–Trinajstić information content (AvgIpc) is 2.70. The fourth-order valence-corrected chi connectivity index (χ4v) is 1.50. The minimum absolute atomic E-state index is 0.153. The quantitative estimate of drug-likeness (QED) is 0.471. The monoisotopic (exact) mass is 201 g/mol. The summed E-state index contributed by atoms with van der Waals surface area (Å²) in [6.45, 7) is 3.55. The number of hydrogen-bond acceptors (Lipinski definition) is 2. The minimum atomic E-state index is -0.185. The smallest absolute Gasteiger partial charge is 0.229 e. The van der Waals surface area contributed by atoms with Gasteiger partial charge < -0.3 is 9.72 Å². The van der Waals surface area contributed by atoms with Crippen LogP contribution in [0.4, 0.5) is 0 Å². The van der Waals surface area contributed by atoms with Crippen molar-refractivity contribution in [1.82, 2.24) is 4.98 Å². The van der Waals surface area contributed by atoms with E-state index in [1.807, 2.05) is 24.3 Å². The predicted octanol–water partition coefficient (Wildman–Crippen LogP) is 2.51. The molecule has 1 heterocycles. The van der Waals surface area contributed by atoms with Gasteiger partial charge in [-0.2, -0.15) is 0 Å². The molecule has 1 aromatic carbocycles. The first-order valence-electron chi connectivity index (χ1n) is 4.57. The van der Waals surface area contributed by atoms with Crippen LogP contribution in [-0.4, -0.2) is 17.9 Å². The number of ketones is 1. The lowest BCUT2D eigenvalue weighted by molar-refractivity contribution is 0.0957. The third-order valence-corrected chi connectivity index (χ3v) is 2.33. The second kappa shape index (κ2) is 3.61. The molecule has 3 nitrogen and oxygen atoms in total. The summed E-state index contributed by atoms with van der Waals surface area (Å²) in [5, 5.41) is 0.890. The lowest BCUT2D eigenvalue weighted by atomic mass is 10.1. The van der Waals surface area contributed by atoms with Crippen LogP contribution in [0, 0.1) is 0 Å². The standard InChI is InChI=1S/C12H11NO2/c1-8(15-2)12(14)10-7-13-11-6-4-3-5-9(10)11/h3-7,13H,1H2,2H3. The van der Waals surface area contributed by atoms with Gasteiger partial charge in [0.25, 0.3) is 0 Å². The van der Waals surface area contributed by atoms with Crippen LogP contribution < -0.4 is 0 Å². The number of fused-ring (bicyclic) bond motifs is 1. The molecule has 0 fully saturated rings. The van der Waals surface area contributed by atoms with Crippen LogP contribution in [0.2, 0.25) is 0 Å². The third kappa shape index (κ3) is 1.52. The minimum Gasteiger partial charge on any atom is -0.493 e. The normalized spacial score (nSPS) is 10.2. The summed E-state index contributed by atoms with van der Waals surface area (Å²) in [6.07, 6.45) is 1.68. The van der Waals surface area contributed by atoms with E-state index in [-0.39, 0.29) is 11.5 Å². The fraction of sp³-hybridized carbons (Fsp3) is 0.0833. The lowest BCUT2D eigenvalue weighted by Crippen LogP contribution is -2.02. The van der Waals surface area contributed by atoms with E-state index < -0.39 is 0 Å². The zero-order valence-electron chi connectivity index (χ0n) is 8.41. The molecule has 0 spiro atoms. The highest BCUT2D eigenvalue weighted by Gasteiger charge is 2.14. The van der Waals surface area contributed by atoms with Crippen LogP contribution in [0.1, 0.15) is 10.4 Å². The number of hydrogen-bond donors (Lipinski definition) is 1. The average molecular weight is 201 g/mol. The summed E-state index contributed by atoms with van der Waals surface area (Å²) in [6, 6.07) is 7.62. The molecule has 0 atom stereocenters. The van der Waals surface area contributed by atoms with E-state index in [0.29, 0.717) is 5.56 Å². The highest BCUT2D eigenvalue weighted by atomic mass is 16.5. The van der Waals surface area contributed by atoms with Crippen molar-refractivity contribution in [3.05, 3.63) is 48.4 Å². The highest BCUT2D eigenvalue weighted by Crippen LogP contribution is 2.20. The number of allylic oxidation sites excluding steroid dienone is 1. The van der Waals surface area contributed by atoms with Crippen LogP contribution in [-0.2, 0) is 4.74 Å². The van der Waals surface area contributed by atoms with Crippen LogP contribution in [0.5, 0.6) is 0 Å². The zero-order chi connectivity index (χ0) is 10.8. The number of aromatic amines is 1. The molecular formula is C12H11NO2. The van der Waals surface area contributed by atoms with Crippen molar-refractivity contribution in [3.8, 4) is 0 Å². The molecule has 2 aromatic rings. The summed E-state index contributed by atoms with van der Waals surface area (Å²) < 4.78 is 4.83. The Morgan fingerprint density at radius 1 is 1.40 bits per heavy atom. The highest BCUT2D eigenvalue weighted by molar-refractivity contribution is 6.14. The molecule has 0 aliphatic rings. The van der Waals surface area contributed by atoms with Crippen molar-refractivity contribution < 1.29 is 9.53 Å². The lowest BCUT2D eigenvalue weighted by Gasteiger charge is -2.01. The van der Waals surface area contributed by atoms with Gasteiger partial charge in [0.1, 0.15) is 0 Å². The van der Waals surface area contributed by atoms with E-state index in [4.69, 9.17) is 4.74 Å². The van der Waals surface area contributed by atoms with E-state index in [9.17, 15) is 4.79 Å². The molecule has 0 saturated carbocycles. The number of ether oxygens (including phenoxy) is 1. The number of methoxy groups -OCH3 is 1. The van der Waals surface area contributed by atoms with E-state index in [1.54, 1.807) is 6.20 Å². The maximum Gasteiger partial charge on any atom is 0.229 e. The van der Waals surface area contributed by atoms with Gasteiger partial charge in [-0.3, -0.25) is 4.79 Å². The van der Waals surface area contributed by atoms with Gasteiger partial charge in [0.2, 0.25) is 5.78 Å². The number of carbonyl (C=O) groups excluding carboxylic acids is 1. The second-order valence-electron chi connectivity index (χ2n) is 3.20. The number of H-pyrrole nitrogens is 1. The Balaban J connectivity index is 2.53. The molecule has 0 aliphatic heterocycles. The SMILES string of the molecule is C=C(OC)C(=O)c1c[nH]c2ccccc12. The molecule has 0 radical (unpaired) electrons. The van der Waals surface area contributed by atoms with Gasteiger partial charge in [0.05, 0.1) is 12.7 Å². The number of benzene rings is 1. The first kappa shape index (κ1) is 9.52. The molecule has 0 aliphatic carbocycles. The van der Waals surface area contributed by atoms with Crippen LogP contribution in [0.3, 0.4) is 0 Å². The first-order valence-corrected chi connectivity index (χ1v) is 4.57. The largest absolute Gasteiger partial charge is 0.493 e. The Morgan fingerprint density at radius 2 is 2.13 bits per heavy atom. The third-order valence-electron chi connectivity index (χ3n) is 2.33. The zero-order valence-corrected chi connectivity index (χ0v) is 8.41. The Bertz CT molecular complexity index is 525. The molecule has 0 bridgehead atoms. The maximum absolute atomic E-state index is 11.8.